The molecule has 1 heterocycles. The molecule has 0 spiro atoms. The molecule has 3 rings (SSSR count). The van der Waals surface area contributed by atoms with Crippen molar-refractivity contribution in [2.75, 3.05) is 31.6 Å². The summed E-state index contributed by atoms with van der Waals surface area (Å²) >= 11 is 0. The summed E-state index contributed by atoms with van der Waals surface area (Å²) in [7, 11) is -3.74. The second kappa shape index (κ2) is 9.91. The highest BCUT2D eigenvalue weighted by Crippen LogP contribution is 2.24. The van der Waals surface area contributed by atoms with Gasteiger partial charge in [0.1, 0.15) is 0 Å². The molecule has 10 heteroatoms. The molecule has 1 aliphatic heterocycles. The van der Waals surface area contributed by atoms with Gasteiger partial charge in [0.15, 0.2) is 6.10 Å². The maximum absolute atomic E-state index is 13.0. The van der Waals surface area contributed by atoms with Gasteiger partial charge in [-0.2, -0.15) is 9.57 Å². The zero-order valence-electron chi connectivity index (χ0n) is 17.7. The summed E-state index contributed by atoms with van der Waals surface area (Å²) in [5.41, 5.74) is 1.43. The highest BCUT2D eigenvalue weighted by molar-refractivity contribution is 7.89. The summed E-state index contributed by atoms with van der Waals surface area (Å²) in [5, 5.41) is 11.4. The van der Waals surface area contributed by atoms with Crippen LogP contribution < -0.4 is 5.32 Å². The molecule has 32 heavy (non-hydrogen) atoms. The van der Waals surface area contributed by atoms with Crippen LogP contribution in [0.3, 0.4) is 0 Å². The standard InChI is InChI=1S/C22H23N3O6S/c1-15-3-8-19(13-20(15)32(28,29)25-9-11-30-12-10-25)24-21(26)16(2)31-22(27)18-6-4-17(14-23)5-7-18/h3-8,13,16H,9-12H2,1-2H3,(H,24,26)/t16-/m1/s1. The Morgan fingerprint density at radius 3 is 2.44 bits per heavy atom. The number of carbonyl (C=O) groups excluding carboxylic acids is 2. The van der Waals surface area contributed by atoms with Gasteiger partial charge in [0, 0.05) is 18.8 Å². The minimum absolute atomic E-state index is 0.0967. The number of hydrogen-bond donors (Lipinski definition) is 1. The van der Waals surface area contributed by atoms with E-state index in [1.807, 2.05) is 6.07 Å². The van der Waals surface area contributed by atoms with E-state index >= 15 is 0 Å². The topological polar surface area (TPSA) is 126 Å². The molecule has 1 fully saturated rings. The minimum Gasteiger partial charge on any atom is -0.449 e. The number of hydrogen-bond acceptors (Lipinski definition) is 7. The first-order valence-corrected chi connectivity index (χ1v) is 11.4. The monoisotopic (exact) mass is 457 g/mol. The molecule has 9 nitrogen and oxygen atoms in total. The highest BCUT2D eigenvalue weighted by Gasteiger charge is 2.28. The fourth-order valence-corrected chi connectivity index (χ4v) is 4.75. The van der Waals surface area contributed by atoms with Crippen LogP contribution in [-0.4, -0.2) is 57.0 Å². The number of nitrogens with zero attached hydrogens (tertiary/aromatic N) is 2. The van der Waals surface area contributed by atoms with Crippen molar-refractivity contribution in [3.63, 3.8) is 0 Å². The second-order valence-corrected chi connectivity index (χ2v) is 9.13. The number of benzene rings is 2. The highest BCUT2D eigenvalue weighted by atomic mass is 32.2. The van der Waals surface area contributed by atoms with Gasteiger partial charge < -0.3 is 14.8 Å². The third-order valence-electron chi connectivity index (χ3n) is 4.95. The van der Waals surface area contributed by atoms with Gasteiger partial charge in [-0.3, -0.25) is 4.79 Å². The number of anilines is 1. The number of aryl methyl sites for hydroxylation is 1. The van der Waals surface area contributed by atoms with Crippen molar-refractivity contribution in [3.05, 3.63) is 59.2 Å². The van der Waals surface area contributed by atoms with E-state index in [2.05, 4.69) is 5.32 Å². The van der Waals surface area contributed by atoms with E-state index in [0.717, 1.165) is 0 Å². The van der Waals surface area contributed by atoms with Crippen LogP contribution in [0.25, 0.3) is 0 Å². The molecule has 1 saturated heterocycles. The molecule has 0 aromatic heterocycles. The van der Waals surface area contributed by atoms with Crippen LogP contribution >= 0.6 is 0 Å². The van der Waals surface area contributed by atoms with E-state index in [4.69, 9.17) is 14.7 Å². The molecule has 168 valence electrons. The van der Waals surface area contributed by atoms with Gasteiger partial charge in [-0.25, -0.2) is 13.2 Å². The molecule has 0 radical (unpaired) electrons. The fourth-order valence-electron chi connectivity index (χ4n) is 3.09. The van der Waals surface area contributed by atoms with Gasteiger partial charge in [0.05, 0.1) is 35.3 Å². The summed E-state index contributed by atoms with van der Waals surface area (Å²) in [5.74, 6) is -1.32. The van der Waals surface area contributed by atoms with Gasteiger partial charge in [0.25, 0.3) is 5.91 Å². The van der Waals surface area contributed by atoms with Gasteiger partial charge in [-0.05, 0) is 55.8 Å². The number of morpholine rings is 1. The first kappa shape index (κ1) is 23.4. The fraction of sp³-hybridized carbons (Fsp3) is 0.318. The van der Waals surface area contributed by atoms with Crippen LogP contribution in [-0.2, 0) is 24.3 Å². The maximum atomic E-state index is 13.0. The SMILES string of the molecule is Cc1ccc(NC(=O)[C@@H](C)OC(=O)c2ccc(C#N)cc2)cc1S(=O)(=O)N1CCOCC1. The smallest absolute Gasteiger partial charge is 0.338 e. The van der Waals surface area contributed by atoms with Crippen LogP contribution in [0, 0.1) is 18.3 Å². The number of esters is 1. The number of nitrogens with one attached hydrogen (secondary N) is 1. The largest absolute Gasteiger partial charge is 0.449 e. The zero-order chi connectivity index (χ0) is 23.3. The Bertz CT molecular complexity index is 1150. The van der Waals surface area contributed by atoms with Crippen molar-refractivity contribution in [1.82, 2.24) is 4.31 Å². The molecule has 0 saturated carbocycles. The molecular formula is C22H23N3O6S. The van der Waals surface area contributed by atoms with Crippen LogP contribution in [0.1, 0.15) is 28.4 Å². The number of nitriles is 1. The van der Waals surface area contributed by atoms with Gasteiger partial charge in [-0.15, -0.1) is 0 Å². The van der Waals surface area contributed by atoms with E-state index in [0.29, 0.717) is 24.3 Å². The molecular weight excluding hydrogens is 434 g/mol. The van der Waals surface area contributed by atoms with Crippen LogP contribution in [0.4, 0.5) is 5.69 Å². The molecule has 2 aromatic rings. The lowest BCUT2D eigenvalue weighted by molar-refractivity contribution is -0.123. The Kier molecular flexibility index (Phi) is 7.25. The van der Waals surface area contributed by atoms with Gasteiger partial charge in [0.2, 0.25) is 10.0 Å². The first-order valence-electron chi connectivity index (χ1n) is 9.93. The lowest BCUT2D eigenvalue weighted by atomic mass is 10.1. The van der Waals surface area contributed by atoms with E-state index in [1.165, 1.54) is 41.6 Å². The Hall–Kier alpha value is -3.26. The normalized spacial score (nSPS) is 15.4. The van der Waals surface area contributed by atoms with Crippen molar-refractivity contribution < 1.29 is 27.5 Å². The van der Waals surface area contributed by atoms with Gasteiger partial charge >= 0.3 is 5.97 Å². The van der Waals surface area contributed by atoms with E-state index in [1.54, 1.807) is 19.1 Å². The van der Waals surface area contributed by atoms with Crippen LogP contribution in [0.5, 0.6) is 0 Å². The Morgan fingerprint density at radius 1 is 1.16 bits per heavy atom. The Morgan fingerprint density at radius 2 is 1.81 bits per heavy atom. The number of rotatable bonds is 6. The summed E-state index contributed by atoms with van der Waals surface area (Å²) in [6, 6.07) is 12.4. The lowest BCUT2D eigenvalue weighted by Crippen LogP contribution is -2.40. The summed E-state index contributed by atoms with van der Waals surface area (Å²) < 4.78 is 37.8. The first-order chi connectivity index (χ1) is 15.2. The molecule has 1 amide bonds. The Balaban J connectivity index is 1.69. The van der Waals surface area contributed by atoms with Crippen molar-refractivity contribution in [1.29, 1.82) is 5.26 Å². The molecule has 0 aliphatic carbocycles. The van der Waals surface area contributed by atoms with Gasteiger partial charge in [-0.1, -0.05) is 6.07 Å². The molecule has 1 N–H and O–H groups in total. The lowest BCUT2D eigenvalue weighted by Gasteiger charge is -2.27. The summed E-state index contributed by atoms with van der Waals surface area (Å²) in [4.78, 5) is 24.9. The second-order valence-electron chi connectivity index (χ2n) is 7.22. The average Bonchev–Trinajstić information content (AvgIpc) is 2.80. The van der Waals surface area contributed by atoms with E-state index in [9.17, 15) is 18.0 Å². The number of sulfonamides is 1. The average molecular weight is 458 g/mol. The summed E-state index contributed by atoms with van der Waals surface area (Å²) in [6.45, 7) is 4.28. The molecule has 1 atom stereocenters. The minimum atomic E-state index is -3.74. The van der Waals surface area contributed by atoms with E-state index in [-0.39, 0.29) is 29.2 Å². The molecule has 1 aliphatic rings. The quantitative estimate of drug-likeness (QED) is 0.658. The molecule has 0 bridgehead atoms. The van der Waals surface area contributed by atoms with Crippen molar-refractivity contribution in [3.8, 4) is 6.07 Å². The molecule has 0 unspecified atom stereocenters. The zero-order valence-corrected chi connectivity index (χ0v) is 18.5. The van der Waals surface area contributed by atoms with Crippen molar-refractivity contribution in [2.24, 2.45) is 0 Å². The van der Waals surface area contributed by atoms with Crippen LogP contribution in [0.15, 0.2) is 47.4 Å². The van der Waals surface area contributed by atoms with Crippen molar-refractivity contribution in [2.45, 2.75) is 24.8 Å². The third kappa shape index (κ3) is 5.31. The predicted molar refractivity (Wildman–Crippen MR) is 115 cm³/mol. The Labute approximate surface area is 186 Å². The number of amides is 1. The summed E-state index contributed by atoms with van der Waals surface area (Å²) in [6.07, 6.45) is -1.13. The third-order valence-corrected chi connectivity index (χ3v) is 6.99. The maximum Gasteiger partial charge on any atom is 0.338 e. The number of carbonyl (C=O) groups is 2. The molecule has 2 aromatic carbocycles. The predicted octanol–water partition coefficient (Wildman–Crippen LogP) is 2.07. The van der Waals surface area contributed by atoms with Crippen molar-refractivity contribution >= 4 is 27.6 Å². The number of ether oxygens (including phenoxy) is 2. The van der Waals surface area contributed by atoms with E-state index < -0.39 is 28.0 Å². The van der Waals surface area contributed by atoms with Crippen LogP contribution in [0.2, 0.25) is 0 Å².